The summed E-state index contributed by atoms with van der Waals surface area (Å²) in [5.41, 5.74) is 1.56. The van der Waals surface area contributed by atoms with Crippen molar-refractivity contribution in [3.63, 3.8) is 0 Å². The van der Waals surface area contributed by atoms with Crippen LogP contribution in [0.4, 0.5) is 5.69 Å². The monoisotopic (exact) mass is 296 g/mol. The van der Waals surface area contributed by atoms with Gasteiger partial charge in [0.1, 0.15) is 0 Å². The van der Waals surface area contributed by atoms with E-state index in [0.29, 0.717) is 25.1 Å². The Morgan fingerprint density at radius 2 is 2.05 bits per heavy atom. The second-order valence-corrected chi connectivity index (χ2v) is 7.76. The Labute approximate surface area is 120 Å². The van der Waals surface area contributed by atoms with Crippen molar-refractivity contribution >= 4 is 21.4 Å². The van der Waals surface area contributed by atoms with E-state index in [4.69, 9.17) is 0 Å². The molecule has 0 unspecified atom stereocenters. The summed E-state index contributed by atoms with van der Waals surface area (Å²) in [6.45, 7) is 0.798. The van der Waals surface area contributed by atoms with Crippen molar-refractivity contribution in [2.75, 3.05) is 38.3 Å². The number of carbonyl (C=O) groups excluding carboxylic acids is 1. The van der Waals surface area contributed by atoms with Crippen LogP contribution in [0.15, 0.2) is 24.3 Å². The average Bonchev–Trinajstić information content (AvgIpc) is 2.87. The fourth-order valence-electron chi connectivity index (χ4n) is 2.36. The van der Waals surface area contributed by atoms with Gasteiger partial charge in [-0.05, 0) is 24.6 Å². The van der Waals surface area contributed by atoms with Gasteiger partial charge in [0.25, 0.3) is 5.91 Å². The Balaban J connectivity index is 2.15. The number of likely N-dealkylation sites (tertiary alicyclic amines) is 1. The molecule has 5 nitrogen and oxygen atoms in total. The van der Waals surface area contributed by atoms with Crippen LogP contribution in [0.25, 0.3) is 0 Å². The fraction of sp³-hybridized carbons (Fsp3) is 0.500. The quantitative estimate of drug-likeness (QED) is 0.835. The molecule has 0 spiro atoms. The second kappa shape index (κ2) is 5.44. The molecule has 1 fully saturated rings. The number of sulfone groups is 1. The van der Waals surface area contributed by atoms with Crippen molar-refractivity contribution in [1.29, 1.82) is 0 Å². The molecule has 1 atom stereocenters. The summed E-state index contributed by atoms with van der Waals surface area (Å²) in [5, 5.41) is -0.427. The van der Waals surface area contributed by atoms with E-state index in [-0.39, 0.29) is 5.91 Å². The smallest absolute Gasteiger partial charge is 0.253 e. The molecule has 2 rings (SSSR count). The predicted molar refractivity (Wildman–Crippen MR) is 79.9 cm³/mol. The van der Waals surface area contributed by atoms with Gasteiger partial charge in [0, 0.05) is 44.7 Å². The molecule has 110 valence electrons. The van der Waals surface area contributed by atoms with Crippen LogP contribution in [-0.4, -0.2) is 57.9 Å². The lowest BCUT2D eigenvalue weighted by Crippen LogP contribution is -2.31. The number of rotatable bonds is 3. The zero-order chi connectivity index (χ0) is 14.9. The number of amides is 1. The van der Waals surface area contributed by atoms with E-state index in [1.165, 1.54) is 6.26 Å². The minimum absolute atomic E-state index is 0.0974. The molecule has 0 aromatic heterocycles. The highest BCUT2D eigenvalue weighted by molar-refractivity contribution is 7.91. The van der Waals surface area contributed by atoms with Crippen LogP contribution in [0.1, 0.15) is 16.8 Å². The van der Waals surface area contributed by atoms with Crippen LogP contribution >= 0.6 is 0 Å². The third kappa shape index (κ3) is 3.12. The SMILES string of the molecule is CN(C)c1cccc(C(=O)N2CC[C@H](S(C)(=O)=O)C2)c1. The van der Waals surface area contributed by atoms with Gasteiger partial charge in [-0.15, -0.1) is 0 Å². The van der Waals surface area contributed by atoms with Crippen LogP contribution in [0.2, 0.25) is 0 Å². The average molecular weight is 296 g/mol. The maximum Gasteiger partial charge on any atom is 0.253 e. The summed E-state index contributed by atoms with van der Waals surface area (Å²) in [4.78, 5) is 16.0. The highest BCUT2D eigenvalue weighted by Crippen LogP contribution is 2.20. The van der Waals surface area contributed by atoms with E-state index in [9.17, 15) is 13.2 Å². The highest BCUT2D eigenvalue weighted by Gasteiger charge is 2.32. The standard InChI is InChI=1S/C14H20N2O3S/c1-15(2)12-6-4-5-11(9-12)14(17)16-8-7-13(10-16)20(3,18)19/h4-6,9,13H,7-8,10H2,1-3H3/t13-/m0/s1. The first-order chi connectivity index (χ1) is 9.29. The lowest BCUT2D eigenvalue weighted by Gasteiger charge is -2.18. The van der Waals surface area contributed by atoms with E-state index < -0.39 is 15.1 Å². The predicted octanol–water partition coefficient (Wildman–Crippen LogP) is 1.01. The van der Waals surface area contributed by atoms with Gasteiger partial charge in [0.15, 0.2) is 9.84 Å². The largest absolute Gasteiger partial charge is 0.378 e. The van der Waals surface area contributed by atoms with Crippen molar-refractivity contribution in [3.05, 3.63) is 29.8 Å². The number of hydrogen-bond acceptors (Lipinski definition) is 4. The molecule has 1 saturated heterocycles. The normalized spacial score (nSPS) is 19.1. The van der Waals surface area contributed by atoms with E-state index in [1.807, 2.05) is 37.2 Å². The first-order valence-corrected chi connectivity index (χ1v) is 8.50. The van der Waals surface area contributed by atoms with Crippen LogP contribution < -0.4 is 4.90 Å². The Hall–Kier alpha value is -1.56. The molecular weight excluding hydrogens is 276 g/mol. The molecule has 0 N–H and O–H groups in total. The molecule has 0 bridgehead atoms. The van der Waals surface area contributed by atoms with E-state index in [2.05, 4.69) is 0 Å². The number of carbonyl (C=O) groups is 1. The Kier molecular flexibility index (Phi) is 4.04. The summed E-state index contributed by atoms with van der Waals surface area (Å²) in [6, 6.07) is 7.37. The molecular formula is C14H20N2O3S. The van der Waals surface area contributed by atoms with Crippen molar-refractivity contribution in [3.8, 4) is 0 Å². The van der Waals surface area contributed by atoms with Crippen molar-refractivity contribution in [2.45, 2.75) is 11.7 Å². The maximum atomic E-state index is 12.4. The van der Waals surface area contributed by atoms with Crippen LogP contribution in [-0.2, 0) is 9.84 Å². The van der Waals surface area contributed by atoms with Gasteiger partial charge >= 0.3 is 0 Å². The van der Waals surface area contributed by atoms with E-state index in [1.54, 1.807) is 11.0 Å². The fourth-order valence-corrected chi connectivity index (χ4v) is 3.35. The third-order valence-corrected chi connectivity index (χ3v) is 5.24. The van der Waals surface area contributed by atoms with Gasteiger partial charge < -0.3 is 9.80 Å². The summed E-state index contributed by atoms with van der Waals surface area (Å²) in [6.07, 6.45) is 1.76. The van der Waals surface area contributed by atoms with E-state index >= 15 is 0 Å². The zero-order valence-electron chi connectivity index (χ0n) is 12.0. The van der Waals surface area contributed by atoms with Gasteiger partial charge in [-0.1, -0.05) is 6.07 Å². The second-order valence-electron chi connectivity index (χ2n) is 5.44. The van der Waals surface area contributed by atoms with Crippen molar-refractivity contribution in [2.24, 2.45) is 0 Å². The number of hydrogen-bond donors (Lipinski definition) is 0. The maximum absolute atomic E-state index is 12.4. The molecule has 1 heterocycles. The molecule has 1 aliphatic heterocycles. The summed E-state index contributed by atoms with van der Waals surface area (Å²) in [7, 11) is 0.757. The first-order valence-electron chi connectivity index (χ1n) is 6.54. The molecule has 0 aliphatic carbocycles. The molecule has 0 radical (unpaired) electrons. The molecule has 20 heavy (non-hydrogen) atoms. The van der Waals surface area contributed by atoms with Gasteiger partial charge in [-0.3, -0.25) is 4.79 Å². The molecule has 1 aliphatic rings. The van der Waals surface area contributed by atoms with Gasteiger partial charge in [-0.25, -0.2) is 8.42 Å². The van der Waals surface area contributed by atoms with Crippen LogP contribution in [0, 0.1) is 0 Å². The van der Waals surface area contributed by atoms with Crippen molar-refractivity contribution in [1.82, 2.24) is 4.90 Å². The molecule has 1 amide bonds. The van der Waals surface area contributed by atoms with Crippen molar-refractivity contribution < 1.29 is 13.2 Å². The highest BCUT2D eigenvalue weighted by atomic mass is 32.2. The number of anilines is 1. The molecule has 0 saturated carbocycles. The third-order valence-electron chi connectivity index (χ3n) is 3.65. The number of benzene rings is 1. The molecule has 6 heteroatoms. The molecule has 1 aromatic rings. The summed E-state index contributed by atoms with van der Waals surface area (Å²) < 4.78 is 23.1. The van der Waals surface area contributed by atoms with Crippen LogP contribution in [0.5, 0.6) is 0 Å². The topological polar surface area (TPSA) is 57.7 Å². The Morgan fingerprint density at radius 1 is 1.35 bits per heavy atom. The Morgan fingerprint density at radius 3 is 2.60 bits per heavy atom. The van der Waals surface area contributed by atoms with Gasteiger partial charge in [0.05, 0.1) is 5.25 Å². The van der Waals surface area contributed by atoms with Gasteiger partial charge in [0.2, 0.25) is 0 Å². The lowest BCUT2D eigenvalue weighted by atomic mass is 10.1. The minimum Gasteiger partial charge on any atom is -0.378 e. The Bertz CT molecular complexity index is 611. The first kappa shape index (κ1) is 14.8. The number of nitrogens with zero attached hydrogens (tertiary/aromatic N) is 2. The summed E-state index contributed by atoms with van der Waals surface area (Å²) in [5.74, 6) is -0.0974. The summed E-state index contributed by atoms with van der Waals surface area (Å²) >= 11 is 0. The zero-order valence-corrected chi connectivity index (χ0v) is 12.9. The molecule has 1 aromatic carbocycles. The lowest BCUT2D eigenvalue weighted by molar-refractivity contribution is 0.0793. The van der Waals surface area contributed by atoms with Gasteiger partial charge in [-0.2, -0.15) is 0 Å². The van der Waals surface area contributed by atoms with E-state index in [0.717, 1.165) is 5.69 Å². The minimum atomic E-state index is -3.07. The van der Waals surface area contributed by atoms with Crippen LogP contribution in [0.3, 0.4) is 0 Å².